The van der Waals surface area contributed by atoms with Crippen molar-refractivity contribution in [3.8, 4) is 0 Å². The van der Waals surface area contributed by atoms with Gasteiger partial charge < -0.3 is 18.9 Å². The number of ether oxygens (including phenoxy) is 4. The van der Waals surface area contributed by atoms with Crippen LogP contribution in [-0.2, 0) is 33.3 Å². The van der Waals surface area contributed by atoms with E-state index in [0.717, 1.165) is 32.1 Å². The molecule has 0 N–H and O–H groups in total. The maximum atomic E-state index is 13.7. The Kier molecular flexibility index (Phi) is 6.16. The van der Waals surface area contributed by atoms with Crippen molar-refractivity contribution in [1.82, 2.24) is 0 Å². The molecule has 1 spiro atoms. The minimum atomic E-state index is -4.29. The molecular weight excluding hydrogens is 548 g/mol. The molecular formula is C30H38F4O7. The van der Waals surface area contributed by atoms with Gasteiger partial charge in [0.05, 0.1) is 24.9 Å². The molecule has 9 fully saturated rings. The van der Waals surface area contributed by atoms with Crippen molar-refractivity contribution in [2.45, 2.75) is 120 Å². The fourth-order valence-electron chi connectivity index (χ4n) is 10.5. The normalized spacial score (nSPS) is 45.8. The molecule has 41 heavy (non-hydrogen) atoms. The maximum absolute atomic E-state index is 13.7. The molecule has 1 heterocycles. The van der Waals surface area contributed by atoms with Crippen molar-refractivity contribution in [3.05, 3.63) is 0 Å². The smallest absolute Gasteiger partial charge is 0.338 e. The number of esters is 3. The molecule has 0 amide bonds. The van der Waals surface area contributed by atoms with Gasteiger partial charge in [0.15, 0.2) is 6.10 Å². The van der Waals surface area contributed by atoms with E-state index in [2.05, 4.69) is 0 Å². The van der Waals surface area contributed by atoms with E-state index in [1.165, 1.54) is 6.42 Å². The Hall–Kier alpha value is -1.91. The van der Waals surface area contributed by atoms with Crippen LogP contribution in [0, 0.1) is 40.9 Å². The van der Waals surface area contributed by atoms with E-state index in [0.29, 0.717) is 37.5 Å². The highest BCUT2D eigenvalue weighted by atomic mass is 19.3. The predicted molar refractivity (Wildman–Crippen MR) is 132 cm³/mol. The molecule has 1 aliphatic heterocycles. The van der Waals surface area contributed by atoms with Crippen molar-refractivity contribution in [2.75, 3.05) is 6.61 Å². The number of carbonyl (C=O) groups is 3. The van der Waals surface area contributed by atoms with Crippen LogP contribution in [0.3, 0.4) is 0 Å². The highest BCUT2D eigenvalue weighted by Gasteiger charge is 2.66. The molecule has 3 unspecified atom stereocenters. The summed E-state index contributed by atoms with van der Waals surface area (Å²) >= 11 is 0. The standard InChI is InChI=1S/C30H38F4O7/c1-26(31,32)29(33,34)2-3-38-25(37)27-11-18-5-19(12-27)14-28(13-18,15-27)40-23(35)10-22-24(36)41-30(39-22)20-6-16-4-17(8-20)9-21(30)7-16/h16-22H,2-15H2,1H3. The summed E-state index contributed by atoms with van der Waals surface area (Å²) in [5, 5.41) is 0. The Morgan fingerprint density at radius 1 is 0.902 bits per heavy atom. The van der Waals surface area contributed by atoms with E-state index >= 15 is 0 Å². The van der Waals surface area contributed by atoms with Crippen molar-refractivity contribution >= 4 is 17.9 Å². The van der Waals surface area contributed by atoms with Crippen molar-refractivity contribution in [2.24, 2.45) is 40.9 Å². The van der Waals surface area contributed by atoms with E-state index in [4.69, 9.17) is 18.9 Å². The van der Waals surface area contributed by atoms with Gasteiger partial charge in [0.2, 0.25) is 5.79 Å². The molecule has 8 bridgehead atoms. The second-order valence-electron chi connectivity index (χ2n) is 14.6. The number of hydrogen-bond acceptors (Lipinski definition) is 7. The summed E-state index contributed by atoms with van der Waals surface area (Å²) < 4.78 is 77.3. The quantitative estimate of drug-likeness (QED) is 0.209. The van der Waals surface area contributed by atoms with Gasteiger partial charge in [0.1, 0.15) is 5.60 Å². The van der Waals surface area contributed by atoms with Crippen LogP contribution >= 0.6 is 0 Å². The molecule has 3 atom stereocenters. The van der Waals surface area contributed by atoms with E-state index in [9.17, 15) is 31.9 Å². The lowest BCUT2D eigenvalue weighted by Gasteiger charge is -2.59. The fourth-order valence-corrected chi connectivity index (χ4v) is 10.5. The zero-order valence-corrected chi connectivity index (χ0v) is 23.3. The molecule has 9 rings (SSSR count). The average molecular weight is 587 g/mol. The number of carbonyl (C=O) groups excluding carboxylic acids is 3. The summed E-state index contributed by atoms with van der Waals surface area (Å²) in [5.41, 5.74) is -1.91. The van der Waals surface area contributed by atoms with Crippen LogP contribution in [0.1, 0.15) is 90.4 Å². The lowest BCUT2D eigenvalue weighted by Crippen LogP contribution is -2.60. The van der Waals surface area contributed by atoms with Gasteiger partial charge in [0, 0.05) is 25.2 Å². The number of halogens is 4. The van der Waals surface area contributed by atoms with Crippen LogP contribution in [0.15, 0.2) is 0 Å². The largest absolute Gasteiger partial charge is 0.465 e. The highest BCUT2D eigenvalue weighted by Crippen LogP contribution is 2.64. The first-order valence-electron chi connectivity index (χ1n) is 15.3. The third kappa shape index (κ3) is 4.49. The Morgan fingerprint density at radius 3 is 2.07 bits per heavy atom. The van der Waals surface area contributed by atoms with Crippen LogP contribution in [0.2, 0.25) is 0 Å². The van der Waals surface area contributed by atoms with Crippen molar-refractivity contribution in [3.63, 3.8) is 0 Å². The number of hydrogen-bond donors (Lipinski definition) is 0. The molecule has 9 aliphatic rings. The Morgan fingerprint density at radius 2 is 1.49 bits per heavy atom. The summed E-state index contributed by atoms with van der Waals surface area (Å²) in [7, 11) is 0. The van der Waals surface area contributed by atoms with E-state index in [1.807, 2.05) is 0 Å². The average Bonchev–Trinajstić information content (AvgIpc) is 3.16. The zero-order chi connectivity index (χ0) is 29.0. The maximum Gasteiger partial charge on any atom is 0.338 e. The van der Waals surface area contributed by atoms with Crippen LogP contribution < -0.4 is 0 Å². The summed E-state index contributed by atoms with van der Waals surface area (Å²) in [5.74, 6) is -9.36. The second kappa shape index (κ2) is 9.05. The van der Waals surface area contributed by atoms with Gasteiger partial charge in [-0.15, -0.1) is 0 Å². The van der Waals surface area contributed by atoms with E-state index in [-0.39, 0.29) is 43.4 Å². The minimum Gasteiger partial charge on any atom is -0.465 e. The van der Waals surface area contributed by atoms with Crippen LogP contribution in [0.5, 0.6) is 0 Å². The Balaban J connectivity index is 0.994. The third-order valence-electron chi connectivity index (χ3n) is 11.5. The second-order valence-corrected chi connectivity index (χ2v) is 14.6. The van der Waals surface area contributed by atoms with E-state index < -0.39 is 65.7 Å². The summed E-state index contributed by atoms with van der Waals surface area (Å²) in [4.78, 5) is 39.4. The molecule has 228 valence electrons. The van der Waals surface area contributed by atoms with Gasteiger partial charge >= 0.3 is 29.8 Å². The summed E-state index contributed by atoms with van der Waals surface area (Å²) in [6, 6.07) is 0. The van der Waals surface area contributed by atoms with Gasteiger partial charge in [-0.2, -0.15) is 8.78 Å². The molecule has 0 radical (unpaired) electrons. The van der Waals surface area contributed by atoms with Gasteiger partial charge in [0.25, 0.3) is 0 Å². The monoisotopic (exact) mass is 586 g/mol. The zero-order valence-electron chi connectivity index (χ0n) is 23.3. The summed E-state index contributed by atoms with van der Waals surface area (Å²) in [6.07, 6.45) is 5.85. The highest BCUT2D eigenvalue weighted by molar-refractivity contribution is 5.83. The molecule has 1 saturated heterocycles. The number of alkyl halides is 4. The first-order valence-corrected chi connectivity index (χ1v) is 15.3. The minimum absolute atomic E-state index is 0.0991. The van der Waals surface area contributed by atoms with Gasteiger partial charge in [-0.3, -0.25) is 9.59 Å². The van der Waals surface area contributed by atoms with Gasteiger partial charge in [-0.25, -0.2) is 13.6 Å². The Bertz CT molecular complexity index is 1090. The first-order chi connectivity index (χ1) is 19.2. The van der Waals surface area contributed by atoms with Crippen molar-refractivity contribution < 1.29 is 50.9 Å². The fraction of sp³-hybridized carbons (Fsp3) is 0.900. The molecule has 7 nitrogen and oxygen atoms in total. The molecule has 0 aromatic heterocycles. The first kappa shape index (κ1) is 27.9. The molecule has 0 aromatic rings. The molecule has 0 aromatic carbocycles. The van der Waals surface area contributed by atoms with Crippen LogP contribution in [0.25, 0.3) is 0 Å². The van der Waals surface area contributed by atoms with Crippen molar-refractivity contribution in [1.29, 1.82) is 0 Å². The summed E-state index contributed by atoms with van der Waals surface area (Å²) in [6.45, 7) is -0.670. The van der Waals surface area contributed by atoms with E-state index in [1.54, 1.807) is 0 Å². The third-order valence-corrected chi connectivity index (χ3v) is 11.5. The van der Waals surface area contributed by atoms with Gasteiger partial charge in [-0.05, 0) is 87.9 Å². The predicted octanol–water partition coefficient (Wildman–Crippen LogP) is 5.58. The van der Waals surface area contributed by atoms with Crippen LogP contribution in [0.4, 0.5) is 17.6 Å². The molecule has 11 heteroatoms. The van der Waals surface area contributed by atoms with Crippen LogP contribution in [-0.4, -0.2) is 53.9 Å². The lowest BCUT2D eigenvalue weighted by atomic mass is 9.48. The Labute approximate surface area is 236 Å². The lowest BCUT2D eigenvalue weighted by molar-refractivity contribution is -0.290. The molecule has 8 saturated carbocycles. The molecule has 8 aliphatic carbocycles. The topological polar surface area (TPSA) is 88.1 Å². The number of rotatable bonds is 8. The van der Waals surface area contributed by atoms with Gasteiger partial charge in [-0.1, -0.05) is 0 Å². The SMILES string of the molecule is CC(F)(F)C(F)(F)CCOC(=O)C12CC3CC(CC(OC(=O)CC4OC5(OC4=O)C4CC6CC(C4)CC5C6)(C3)C1)C2.